The molecule has 0 unspecified atom stereocenters. The van der Waals surface area contributed by atoms with Crippen LogP contribution in [-0.2, 0) is 6.42 Å². The van der Waals surface area contributed by atoms with Gasteiger partial charge >= 0.3 is 0 Å². The number of H-pyrrole nitrogens is 2. The Morgan fingerprint density at radius 1 is 1.43 bits per heavy atom. The molecule has 0 spiro atoms. The van der Waals surface area contributed by atoms with E-state index in [1.807, 2.05) is 18.0 Å². The van der Waals surface area contributed by atoms with E-state index in [0.29, 0.717) is 12.1 Å². The van der Waals surface area contributed by atoms with Crippen LogP contribution in [0.5, 0.6) is 0 Å². The Bertz CT molecular complexity index is 610. The van der Waals surface area contributed by atoms with Crippen molar-refractivity contribution in [3.05, 3.63) is 28.4 Å². The zero-order valence-corrected chi connectivity index (χ0v) is 12.8. The number of aliphatic hydroxyl groups excluding tert-OH is 1. The number of aromatic amines is 2. The van der Waals surface area contributed by atoms with Crippen molar-refractivity contribution in [2.24, 2.45) is 11.7 Å². The molecule has 0 saturated heterocycles. The van der Waals surface area contributed by atoms with Gasteiger partial charge in [0.25, 0.3) is 5.56 Å². The molecule has 2 heterocycles. The lowest BCUT2D eigenvalue weighted by Gasteiger charge is -2.13. The second kappa shape index (κ2) is 8.21. The van der Waals surface area contributed by atoms with Gasteiger partial charge in [0.2, 0.25) is 0 Å². The molecule has 0 bridgehead atoms. The first-order valence-corrected chi connectivity index (χ1v) is 8.34. The van der Waals surface area contributed by atoms with E-state index in [1.165, 1.54) is 6.33 Å². The Balaban J connectivity index is 1.91. The third kappa shape index (κ3) is 4.33. The summed E-state index contributed by atoms with van der Waals surface area (Å²) in [5, 5.41) is 9.45. The van der Waals surface area contributed by atoms with Crippen molar-refractivity contribution < 1.29 is 5.11 Å². The van der Waals surface area contributed by atoms with Crippen molar-refractivity contribution in [1.82, 2.24) is 15.0 Å². The Labute approximate surface area is 127 Å². The van der Waals surface area contributed by atoms with E-state index < -0.39 is 0 Å². The highest BCUT2D eigenvalue weighted by Crippen LogP contribution is 2.19. The highest BCUT2D eigenvalue weighted by atomic mass is 32.2. The molecule has 5 N–H and O–H groups in total. The van der Waals surface area contributed by atoms with Gasteiger partial charge in [-0.3, -0.25) is 4.79 Å². The van der Waals surface area contributed by atoms with Crippen LogP contribution in [0.15, 0.2) is 17.3 Å². The summed E-state index contributed by atoms with van der Waals surface area (Å²) in [7, 11) is 0. The van der Waals surface area contributed by atoms with Crippen molar-refractivity contribution in [3.8, 4) is 0 Å². The number of aryl methyl sites for hydroxylation is 1. The second-order valence-corrected chi connectivity index (χ2v) is 6.22. The maximum atomic E-state index is 11.6. The zero-order chi connectivity index (χ0) is 15.1. The minimum atomic E-state index is -0.151. The summed E-state index contributed by atoms with van der Waals surface area (Å²) in [6.07, 6.45) is 5.96. The summed E-state index contributed by atoms with van der Waals surface area (Å²) in [5.74, 6) is 2.24. The lowest BCUT2D eigenvalue weighted by atomic mass is 10.0. The third-order valence-electron chi connectivity index (χ3n) is 3.47. The number of aliphatic hydroxyl groups is 1. The van der Waals surface area contributed by atoms with E-state index >= 15 is 0 Å². The van der Waals surface area contributed by atoms with E-state index in [1.54, 1.807) is 0 Å². The molecule has 6 nitrogen and oxygen atoms in total. The molecule has 0 saturated carbocycles. The van der Waals surface area contributed by atoms with Crippen LogP contribution >= 0.6 is 11.8 Å². The number of aromatic nitrogens is 3. The van der Waals surface area contributed by atoms with Gasteiger partial charge in [0.05, 0.1) is 11.8 Å². The molecule has 0 fully saturated rings. The number of nitrogens with zero attached hydrogens (tertiary/aromatic N) is 1. The summed E-state index contributed by atoms with van der Waals surface area (Å²) in [5.41, 5.74) is 7.59. The largest absolute Gasteiger partial charge is 0.396 e. The number of hydrogen-bond donors (Lipinski definition) is 4. The average Bonchev–Trinajstić information content (AvgIpc) is 2.91. The van der Waals surface area contributed by atoms with Crippen LogP contribution in [-0.4, -0.2) is 44.7 Å². The number of rotatable bonds is 9. The normalized spacial score (nSPS) is 12.9. The molecule has 1 atom stereocenters. The van der Waals surface area contributed by atoms with E-state index in [-0.39, 0.29) is 18.1 Å². The molecular weight excluding hydrogens is 288 g/mol. The molecule has 0 aliphatic heterocycles. The van der Waals surface area contributed by atoms with Gasteiger partial charge in [-0.15, -0.1) is 0 Å². The van der Waals surface area contributed by atoms with E-state index in [0.717, 1.165) is 41.8 Å². The van der Waals surface area contributed by atoms with Crippen molar-refractivity contribution in [1.29, 1.82) is 0 Å². The van der Waals surface area contributed by atoms with Gasteiger partial charge in [0.1, 0.15) is 5.52 Å². The lowest BCUT2D eigenvalue weighted by molar-refractivity contribution is 0.233. The fraction of sp³-hybridized carbons (Fsp3) is 0.571. The molecule has 0 aliphatic rings. The van der Waals surface area contributed by atoms with Gasteiger partial charge in [-0.2, -0.15) is 11.8 Å². The van der Waals surface area contributed by atoms with Gasteiger partial charge in [-0.05, 0) is 48.8 Å². The number of nitrogens with two attached hydrogens (primary N) is 1. The van der Waals surface area contributed by atoms with Crippen molar-refractivity contribution in [3.63, 3.8) is 0 Å². The molecule has 0 aliphatic carbocycles. The third-order valence-corrected chi connectivity index (χ3v) is 4.76. The van der Waals surface area contributed by atoms with Gasteiger partial charge in [-0.1, -0.05) is 0 Å². The van der Waals surface area contributed by atoms with Crippen LogP contribution < -0.4 is 11.3 Å². The minimum Gasteiger partial charge on any atom is -0.396 e. The highest BCUT2D eigenvalue weighted by molar-refractivity contribution is 7.99. The molecule has 0 amide bonds. The van der Waals surface area contributed by atoms with Crippen molar-refractivity contribution >= 4 is 22.8 Å². The van der Waals surface area contributed by atoms with Crippen LogP contribution in [0, 0.1) is 5.92 Å². The first-order valence-electron chi connectivity index (χ1n) is 7.18. The quantitative estimate of drug-likeness (QED) is 0.514. The van der Waals surface area contributed by atoms with Gasteiger partial charge in [0, 0.05) is 12.8 Å². The minimum absolute atomic E-state index is 0.151. The maximum Gasteiger partial charge on any atom is 0.275 e. The molecule has 21 heavy (non-hydrogen) atoms. The predicted octanol–water partition coefficient (Wildman–Crippen LogP) is 0.874. The van der Waals surface area contributed by atoms with Crippen molar-refractivity contribution in [2.75, 3.05) is 24.7 Å². The topological polar surface area (TPSA) is 108 Å². The summed E-state index contributed by atoms with van der Waals surface area (Å²) in [6.45, 7) is 0.901. The Hall–Kier alpha value is -1.31. The molecule has 7 heteroatoms. The summed E-state index contributed by atoms with van der Waals surface area (Å²) in [6, 6.07) is 0. The Kier molecular flexibility index (Phi) is 6.28. The molecule has 0 radical (unpaired) electrons. The molecule has 2 aromatic rings. The van der Waals surface area contributed by atoms with E-state index in [9.17, 15) is 9.90 Å². The van der Waals surface area contributed by atoms with Gasteiger partial charge in [0.15, 0.2) is 0 Å². The fourth-order valence-electron chi connectivity index (χ4n) is 2.22. The maximum absolute atomic E-state index is 11.6. The zero-order valence-electron chi connectivity index (χ0n) is 12.0. The van der Waals surface area contributed by atoms with Gasteiger partial charge < -0.3 is 20.8 Å². The molecule has 2 aromatic heterocycles. The smallest absolute Gasteiger partial charge is 0.275 e. The number of fused-ring (bicyclic) bond motifs is 1. The molecule has 0 aromatic carbocycles. The first kappa shape index (κ1) is 16.1. The summed E-state index contributed by atoms with van der Waals surface area (Å²) in [4.78, 5) is 21.4. The SMILES string of the molecule is NCCCSC[C@@H](CO)CCc1c[nH]c2c(=O)[nH]cnc12. The summed E-state index contributed by atoms with van der Waals surface area (Å²) >= 11 is 1.84. The number of thioether (sulfide) groups is 1. The fourth-order valence-corrected chi connectivity index (χ4v) is 3.36. The predicted molar refractivity (Wildman–Crippen MR) is 86.6 cm³/mol. The average molecular weight is 310 g/mol. The molecular formula is C14H22N4O2S. The first-order chi connectivity index (χ1) is 10.3. The van der Waals surface area contributed by atoms with E-state index in [4.69, 9.17) is 5.73 Å². The van der Waals surface area contributed by atoms with Crippen LogP contribution in [0.1, 0.15) is 18.4 Å². The highest BCUT2D eigenvalue weighted by Gasteiger charge is 2.12. The monoisotopic (exact) mass is 310 g/mol. The summed E-state index contributed by atoms with van der Waals surface area (Å²) < 4.78 is 0. The Morgan fingerprint density at radius 2 is 2.29 bits per heavy atom. The van der Waals surface area contributed by atoms with Crippen LogP contribution in [0.25, 0.3) is 11.0 Å². The van der Waals surface area contributed by atoms with Gasteiger partial charge in [-0.25, -0.2) is 4.98 Å². The van der Waals surface area contributed by atoms with Crippen LogP contribution in [0.2, 0.25) is 0 Å². The number of hydrogen-bond acceptors (Lipinski definition) is 5. The van der Waals surface area contributed by atoms with Crippen LogP contribution in [0.3, 0.4) is 0 Å². The molecule has 116 valence electrons. The second-order valence-electron chi connectivity index (χ2n) is 5.07. The van der Waals surface area contributed by atoms with Crippen molar-refractivity contribution in [2.45, 2.75) is 19.3 Å². The van der Waals surface area contributed by atoms with E-state index in [2.05, 4.69) is 15.0 Å². The molecule has 2 rings (SSSR count). The standard InChI is InChI=1S/C14H22N4O2S/c15-4-1-5-21-8-10(7-19)2-3-11-6-16-13-12(11)17-9-18-14(13)20/h6,9-10,16,19H,1-5,7-8,15H2,(H,17,18,20)/t10-/m1/s1. The number of nitrogens with one attached hydrogen (secondary N) is 2. The Morgan fingerprint density at radius 3 is 3.05 bits per heavy atom. The van der Waals surface area contributed by atoms with Crippen LogP contribution in [0.4, 0.5) is 0 Å². The lowest BCUT2D eigenvalue weighted by Crippen LogP contribution is -2.11.